The molecule has 0 fully saturated rings. The monoisotopic (exact) mass is 736 g/mol. The average Bonchev–Trinajstić information content (AvgIpc) is 3.14. The topological polar surface area (TPSA) is 166 Å². The quantitative estimate of drug-likeness (QED) is 0.0867. The van der Waals surface area contributed by atoms with Crippen molar-refractivity contribution in [1.82, 2.24) is 10.6 Å². The molecule has 0 aliphatic carbocycles. The zero-order valence-corrected chi connectivity index (χ0v) is 31.1. The number of nitrogens with one attached hydrogen (secondary N) is 2. The lowest BCUT2D eigenvalue weighted by molar-refractivity contribution is -0.157. The van der Waals surface area contributed by atoms with E-state index in [0.717, 1.165) is 41.6 Å². The number of hydrogen-bond donors (Lipinski definition) is 3. The molecule has 2 aromatic carbocycles. The van der Waals surface area contributed by atoms with Crippen molar-refractivity contribution < 1.29 is 38.2 Å². The molecule has 12 nitrogen and oxygen atoms in total. The number of para-hydroxylation sites is 1. The Balaban J connectivity index is 1.29. The number of nitrogens with two attached hydrogens (primary N) is 1. The first-order chi connectivity index (χ1) is 25.2. The molecule has 0 radical (unpaired) electrons. The number of anilines is 1. The summed E-state index contributed by atoms with van der Waals surface area (Å²) < 4.78 is 16.3. The maximum absolute atomic E-state index is 13.3. The second-order valence-electron chi connectivity index (χ2n) is 12.3. The Morgan fingerprint density at radius 3 is 2.23 bits per heavy atom. The number of unbranched alkanes of at least 4 members (excludes halogenated alkanes) is 2. The molecule has 13 heteroatoms. The van der Waals surface area contributed by atoms with Gasteiger partial charge in [0, 0.05) is 61.4 Å². The Hall–Kier alpha value is -4.38. The van der Waals surface area contributed by atoms with Crippen molar-refractivity contribution in [2.24, 2.45) is 5.73 Å². The number of rotatable bonds is 23. The summed E-state index contributed by atoms with van der Waals surface area (Å²) >= 11 is 1.34. The Bertz CT molecular complexity index is 1540. The molecule has 3 amide bonds. The molecule has 1 aliphatic heterocycles. The summed E-state index contributed by atoms with van der Waals surface area (Å²) in [6, 6.07) is 14.4. The predicted octanol–water partition coefficient (Wildman–Crippen LogP) is 3.86. The number of fused-ring (bicyclic) bond motifs is 2. The molecule has 4 N–H and O–H groups in total. The molecule has 282 valence electrons. The van der Waals surface area contributed by atoms with Crippen LogP contribution in [0.4, 0.5) is 5.69 Å². The van der Waals surface area contributed by atoms with Crippen LogP contribution in [-0.4, -0.2) is 86.2 Å². The largest absolute Gasteiger partial charge is 0.462 e. The summed E-state index contributed by atoms with van der Waals surface area (Å²) in [7, 11) is 0. The summed E-state index contributed by atoms with van der Waals surface area (Å²) in [6.07, 6.45) is 3.22. The number of thioether (sulfide) groups is 1. The zero-order chi connectivity index (χ0) is 37.6. The Morgan fingerprint density at radius 1 is 0.827 bits per heavy atom. The number of amides is 3. The number of ether oxygens (including phenoxy) is 3. The summed E-state index contributed by atoms with van der Waals surface area (Å²) in [5, 5.41) is 5.49. The molecule has 1 unspecified atom stereocenters. The van der Waals surface area contributed by atoms with Crippen LogP contribution in [0.2, 0.25) is 0 Å². The van der Waals surface area contributed by atoms with E-state index in [-0.39, 0.29) is 81.2 Å². The molecule has 52 heavy (non-hydrogen) atoms. The van der Waals surface area contributed by atoms with Gasteiger partial charge in [-0.1, -0.05) is 68.9 Å². The highest BCUT2D eigenvalue weighted by molar-refractivity contribution is 7.99. The standard InChI is InChI=1S/C39H52N4O8S/c1-3-5-15-37(46)50-26-32(51-38(47)16-6-4-2)27-52-28-33(40)39(48)42-22-24-49-23-21-41-35(44)19-20-36(45)43-25-31-13-8-7-11-29(31)17-18-30-12-9-10-14-34(30)43/h7-14,32-33H,3-6,15-16,19-28,40H2,1-2H3,(H,41,44)(H,42,48)/t32?,33-/m0/s1. The minimum Gasteiger partial charge on any atom is -0.462 e. The van der Waals surface area contributed by atoms with Crippen LogP contribution in [0.5, 0.6) is 0 Å². The van der Waals surface area contributed by atoms with Crippen LogP contribution in [0.15, 0.2) is 48.5 Å². The highest BCUT2D eigenvalue weighted by atomic mass is 32.2. The van der Waals surface area contributed by atoms with E-state index >= 15 is 0 Å². The maximum atomic E-state index is 13.3. The van der Waals surface area contributed by atoms with Gasteiger partial charge in [0.25, 0.3) is 0 Å². The summed E-state index contributed by atoms with van der Waals surface area (Å²) in [5.74, 6) is 5.52. The minimum absolute atomic E-state index is 0.0307. The van der Waals surface area contributed by atoms with Crippen molar-refractivity contribution in [2.75, 3.05) is 49.3 Å². The van der Waals surface area contributed by atoms with Gasteiger partial charge < -0.3 is 35.5 Å². The molecular weight excluding hydrogens is 685 g/mol. The number of carbonyl (C=O) groups is 5. The van der Waals surface area contributed by atoms with Gasteiger partial charge in [-0.25, -0.2) is 0 Å². The van der Waals surface area contributed by atoms with Gasteiger partial charge in [0.1, 0.15) is 12.7 Å². The van der Waals surface area contributed by atoms with Crippen LogP contribution in [0, 0.1) is 11.8 Å². The lowest BCUT2D eigenvalue weighted by Crippen LogP contribution is -2.43. The van der Waals surface area contributed by atoms with E-state index in [2.05, 4.69) is 22.5 Å². The van der Waals surface area contributed by atoms with Gasteiger partial charge in [-0.3, -0.25) is 24.0 Å². The van der Waals surface area contributed by atoms with Crippen LogP contribution in [0.1, 0.15) is 81.9 Å². The number of esters is 2. The molecule has 0 bridgehead atoms. The summed E-state index contributed by atoms with van der Waals surface area (Å²) in [4.78, 5) is 64.1. The second-order valence-corrected chi connectivity index (χ2v) is 13.4. The Kier molecular flexibility index (Phi) is 19.4. The van der Waals surface area contributed by atoms with Crippen LogP contribution >= 0.6 is 11.8 Å². The van der Waals surface area contributed by atoms with Gasteiger partial charge in [-0.15, -0.1) is 0 Å². The molecule has 3 rings (SSSR count). The zero-order valence-electron chi connectivity index (χ0n) is 30.3. The fourth-order valence-corrected chi connectivity index (χ4v) is 6.03. The van der Waals surface area contributed by atoms with E-state index in [1.807, 2.05) is 62.4 Å². The predicted molar refractivity (Wildman–Crippen MR) is 201 cm³/mol. The number of hydrogen-bond acceptors (Lipinski definition) is 10. The van der Waals surface area contributed by atoms with Crippen molar-refractivity contribution >= 4 is 47.1 Å². The van der Waals surface area contributed by atoms with Gasteiger partial charge >= 0.3 is 11.9 Å². The van der Waals surface area contributed by atoms with Crippen molar-refractivity contribution in [2.45, 2.75) is 83.9 Å². The van der Waals surface area contributed by atoms with Gasteiger partial charge in [0.15, 0.2) is 0 Å². The Labute approximate surface area is 311 Å². The first kappa shape index (κ1) is 42.0. The summed E-state index contributed by atoms with van der Waals surface area (Å²) in [6.45, 7) is 5.23. The van der Waals surface area contributed by atoms with Crippen molar-refractivity contribution in [3.05, 3.63) is 65.2 Å². The lowest BCUT2D eigenvalue weighted by Gasteiger charge is -2.26. The molecule has 1 heterocycles. The third kappa shape index (κ3) is 15.5. The fraction of sp³-hybridized carbons (Fsp3) is 0.513. The van der Waals surface area contributed by atoms with Crippen LogP contribution in [0.3, 0.4) is 0 Å². The van der Waals surface area contributed by atoms with E-state index < -0.39 is 12.1 Å². The molecule has 2 aromatic rings. The molecular formula is C39H52N4O8S. The summed E-state index contributed by atoms with van der Waals surface area (Å²) in [5.41, 5.74) is 9.35. The van der Waals surface area contributed by atoms with Gasteiger partial charge in [0.05, 0.1) is 31.5 Å². The van der Waals surface area contributed by atoms with E-state index in [0.29, 0.717) is 31.6 Å². The van der Waals surface area contributed by atoms with Crippen LogP contribution in [-0.2, 0) is 44.7 Å². The van der Waals surface area contributed by atoms with E-state index in [1.165, 1.54) is 11.8 Å². The first-order valence-corrected chi connectivity index (χ1v) is 19.2. The molecule has 0 spiro atoms. The SMILES string of the molecule is CCCCC(=O)OCC(CSC[C@H](N)C(=O)NCCOCCNC(=O)CCC(=O)N1Cc2ccccc2C#Cc2ccccc21)OC(=O)CCCC. The maximum Gasteiger partial charge on any atom is 0.306 e. The average molecular weight is 737 g/mol. The highest BCUT2D eigenvalue weighted by Crippen LogP contribution is 2.26. The number of nitrogens with zero attached hydrogens (tertiary/aromatic N) is 1. The van der Waals surface area contributed by atoms with Crippen LogP contribution in [0.25, 0.3) is 0 Å². The number of benzene rings is 2. The van der Waals surface area contributed by atoms with E-state index in [4.69, 9.17) is 19.9 Å². The lowest BCUT2D eigenvalue weighted by atomic mass is 10.0. The van der Waals surface area contributed by atoms with Gasteiger partial charge in [-0.2, -0.15) is 11.8 Å². The minimum atomic E-state index is -0.801. The fourth-order valence-electron chi connectivity index (χ4n) is 5.06. The highest BCUT2D eigenvalue weighted by Gasteiger charge is 2.22. The smallest absolute Gasteiger partial charge is 0.306 e. The van der Waals surface area contributed by atoms with Crippen LogP contribution < -0.4 is 21.3 Å². The molecule has 0 saturated carbocycles. The van der Waals surface area contributed by atoms with Crippen molar-refractivity contribution in [3.63, 3.8) is 0 Å². The second kappa shape index (κ2) is 24.0. The molecule has 0 aromatic heterocycles. The van der Waals surface area contributed by atoms with E-state index in [1.54, 1.807) is 4.90 Å². The molecule has 2 atom stereocenters. The first-order valence-electron chi connectivity index (χ1n) is 18.0. The van der Waals surface area contributed by atoms with Gasteiger partial charge in [0.2, 0.25) is 17.7 Å². The number of carbonyl (C=O) groups excluding carboxylic acids is 5. The van der Waals surface area contributed by atoms with E-state index in [9.17, 15) is 24.0 Å². The van der Waals surface area contributed by atoms with Crippen molar-refractivity contribution in [3.8, 4) is 11.8 Å². The third-order valence-electron chi connectivity index (χ3n) is 7.99. The normalized spacial score (nSPS) is 12.8. The third-order valence-corrected chi connectivity index (χ3v) is 9.19. The molecule has 1 aliphatic rings. The molecule has 0 saturated heterocycles. The van der Waals surface area contributed by atoms with Gasteiger partial charge in [-0.05, 0) is 36.6 Å². The van der Waals surface area contributed by atoms with Crippen molar-refractivity contribution in [1.29, 1.82) is 0 Å². The Morgan fingerprint density at radius 2 is 1.48 bits per heavy atom.